The number of thioether (sulfide) groups is 1. The van der Waals surface area contributed by atoms with Gasteiger partial charge in [0.1, 0.15) is 0 Å². The lowest BCUT2D eigenvalue weighted by atomic mass is 9.99. The number of imide groups is 1. The third-order valence-corrected chi connectivity index (χ3v) is 6.45. The van der Waals surface area contributed by atoms with E-state index in [0.717, 1.165) is 29.5 Å². The molecule has 0 N–H and O–H groups in total. The molecule has 0 aromatic heterocycles. The van der Waals surface area contributed by atoms with Gasteiger partial charge in [0.15, 0.2) is 0 Å². The number of rotatable bonds is 12. The minimum absolute atomic E-state index is 0.105. The van der Waals surface area contributed by atoms with Gasteiger partial charge < -0.3 is 0 Å². The molecule has 0 aliphatic carbocycles. The van der Waals surface area contributed by atoms with E-state index in [0.29, 0.717) is 17.0 Å². The summed E-state index contributed by atoms with van der Waals surface area (Å²) < 4.78 is 0. The molecule has 0 unspecified atom stereocenters. The Bertz CT molecular complexity index is 751. The zero-order valence-electron chi connectivity index (χ0n) is 18.8. The Labute approximate surface area is 181 Å². The third kappa shape index (κ3) is 6.47. The third-order valence-electron chi connectivity index (χ3n) is 5.37. The standard InChI is InChI=1S/C25H37NO2S/c1-6-7-8-9-10-11-12-13-16-26-24(27)22(23(25(26)28)29-18(2)3)21-15-14-19(4)17-20(21)5/h14-15,17-18H,6-13,16H2,1-5H3. The first-order valence-electron chi connectivity index (χ1n) is 11.2. The second-order valence-corrected chi connectivity index (χ2v) is 10.0. The molecule has 160 valence electrons. The molecule has 2 amide bonds. The van der Waals surface area contributed by atoms with Gasteiger partial charge in [0.2, 0.25) is 0 Å². The summed E-state index contributed by atoms with van der Waals surface area (Å²) >= 11 is 1.52. The molecule has 0 fully saturated rings. The molecular weight excluding hydrogens is 378 g/mol. The van der Waals surface area contributed by atoms with E-state index in [9.17, 15) is 9.59 Å². The molecule has 0 radical (unpaired) electrons. The topological polar surface area (TPSA) is 37.4 Å². The van der Waals surface area contributed by atoms with E-state index in [1.807, 2.05) is 26.0 Å². The second-order valence-electron chi connectivity index (χ2n) is 8.43. The Morgan fingerprint density at radius 1 is 0.897 bits per heavy atom. The normalized spacial score (nSPS) is 14.6. The fourth-order valence-corrected chi connectivity index (χ4v) is 4.83. The number of amides is 2. The number of unbranched alkanes of at least 4 members (excludes halogenated alkanes) is 7. The predicted molar refractivity (Wildman–Crippen MR) is 125 cm³/mol. The summed E-state index contributed by atoms with van der Waals surface area (Å²) in [6.45, 7) is 11.0. The summed E-state index contributed by atoms with van der Waals surface area (Å²) in [5.74, 6) is -0.223. The maximum Gasteiger partial charge on any atom is 0.267 e. The lowest BCUT2D eigenvalue weighted by molar-refractivity contribution is -0.136. The van der Waals surface area contributed by atoms with Crippen LogP contribution in [0.5, 0.6) is 0 Å². The highest BCUT2D eigenvalue weighted by Crippen LogP contribution is 2.39. The molecule has 0 bridgehead atoms. The molecule has 2 rings (SSSR count). The van der Waals surface area contributed by atoms with Crippen LogP contribution < -0.4 is 0 Å². The van der Waals surface area contributed by atoms with Gasteiger partial charge in [0.25, 0.3) is 11.8 Å². The highest BCUT2D eigenvalue weighted by Gasteiger charge is 2.39. The van der Waals surface area contributed by atoms with Crippen LogP contribution in [0.15, 0.2) is 23.1 Å². The molecule has 1 aromatic carbocycles. The van der Waals surface area contributed by atoms with Crippen LogP contribution in [0.1, 0.15) is 88.8 Å². The fraction of sp³-hybridized carbons (Fsp3) is 0.600. The van der Waals surface area contributed by atoms with Crippen molar-refractivity contribution < 1.29 is 9.59 Å². The van der Waals surface area contributed by atoms with Crippen molar-refractivity contribution in [2.24, 2.45) is 0 Å². The number of aryl methyl sites for hydroxylation is 2. The molecule has 0 saturated carbocycles. The van der Waals surface area contributed by atoms with Crippen LogP contribution in [0, 0.1) is 13.8 Å². The lowest BCUT2D eigenvalue weighted by Gasteiger charge is -2.15. The highest BCUT2D eigenvalue weighted by molar-refractivity contribution is 8.04. The minimum Gasteiger partial charge on any atom is -0.274 e. The van der Waals surface area contributed by atoms with Crippen molar-refractivity contribution in [3.8, 4) is 0 Å². The molecule has 0 atom stereocenters. The SMILES string of the molecule is CCCCCCCCCCN1C(=O)C(SC(C)C)=C(c2ccc(C)cc2C)C1=O. The zero-order valence-corrected chi connectivity index (χ0v) is 19.7. The Balaban J connectivity index is 2.05. The molecule has 1 aromatic rings. The number of nitrogens with zero attached hydrogens (tertiary/aromatic N) is 1. The Morgan fingerprint density at radius 2 is 1.52 bits per heavy atom. The Hall–Kier alpha value is -1.55. The van der Waals surface area contributed by atoms with E-state index in [-0.39, 0.29) is 17.1 Å². The van der Waals surface area contributed by atoms with Crippen LogP contribution in [0.4, 0.5) is 0 Å². The Kier molecular flexibility index (Phi) is 9.48. The number of hydrogen-bond acceptors (Lipinski definition) is 3. The van der Waals surface area contributed by atoms with Crippen LogP contribution in [-0.4, -0.2) is 28.5 Å². The van der Waals surface area contributed by atoms with Crippen molar-refractivity contribution in [2.45, 2.75) is 91.2 Å². The molecule has 0 saturated heterocycles. The van der Waals surface area contributed by atoms with Crippen molar-refractivity contribution in [2.75, 3.05) is 6.54 Å². The van der Waals surface area contributed by atoms with Crippen LogP contribution in [0.3, 0.4) is 0 Å². The monoisotopic (exact) mass is 415 g/mol. The summed E-state index contributed by atoms with van der Waals surface area (Å²) in [7, 11) is 0. The van der Waals surface area contributed by atoms with E-state index >= 15 is 0 Å². The van der Waals surface area contributed by atoms with Gasteiger partial charge in [-0.1, -0.05) is 89.5 Å². The molecule has 4 heteroatoms. The van der Waals surface area contributed by atoms with Crippen LogP contribution in [-0.2, 0) is 9.59 Å². The highest BCUT2D eigenvalue weighted by atomic mass is 32.2. The first-order chi connectivity index (χ1) is 13.9. The largest absolute Gasteiger partial charge is 0.274 e. The molecule has 1 aliphatic rings. The van der Waals surface area contributed by atoms with Crippen molar-refractivity contribution in [1.29, 1.82) is 0 Å². The maximum absolute atomic E-state index is 13.2. The number of hydrogen-bond donors (Lipinski definition) is 0. The predicted octanol–water partition coefficient (Wildman–Crippen LogP) is 6.67. The fourth-order valence-electron chi connectivity index (χ4n) is 3.84. The molecule has 1 aliphatic heterocycles. The van der Waals surface area contributed by atoms with Gasteiger partial charge in [-0.05, 0) is 31.4 Å². The average Bonchev–Trinajstić information content (AvgIpc) is 2.88. The van der Waals surface area contributed by atoms with Gasteiger partial charge in [0.05, 0.1) is 10.5 Å². The average molecular weight is 416 g/mol. The quantitative estimate of drug-likeness (QED) is 0.283. The van der Waals surface area contributed by atoms with Crippen molar-refractivity contribution in [1.82, 2.24) is 4.90 Å². The van der Waals surface area contributed by atoms with Gasteiger partial charge in [-0.15, -0.1) is 11.8 Å². The van der Waals surface area contributed by atoms with E-state index in [2.05, 4.69) is 26.8 Å². The van der Waals surface area contributed by atoms with E-state index in [4.69, 9.17) is 0 Å². The Morgan fingerprint density at radius 3 is 2.10 bits per heavy atom. The molecule has 3 nitrogen and oxygen atoms in total. The van der Waals surface area contributed by atoms with Crippen LogP contribution in [0.25, 0.3) is 5.57 Å². The number of benzene rings is 1. The molecular formula is C25H37NO2S. The summed E-state index contributed by atoms with van der Waals surface area (Å²) in [6, 6.07) is 6.09. The van der Waals surface area contributed by atoms with E-state index < -0.39 is 0 Å². The molecule has 1 heterocycles. The summed E-state index contributed by atoms with van der Waals surface area (Å²) in [5.41, 5.74) is 3.72. The van der Waals surface area contributed by atoms with Crippen molar-refractivity contribution >= 4 is 29.1 Å². The van der Waals surface area contributed by atoms with Gasteiger partial charge in [-0.2, -0.15) is 0 Å². The summed E-state index contributed by atoms with van der Waals surface area (Å²) in [5, 5.41) is 0.255. The first kappa shape index (κ1) is 23.7. The van der Waals surface area contributed by atoms with Gasteiger partial charge in [-0.25, -0.2) is 0 Å². The zero-order chi connectivity index (χ0) is 21.4. The lowest BCUT2D eigenvalue weighted by Crippen LogP contribution is -2.32. The van der Waals surface area contributed by atoms with E-state index in [1.165, 1.54) is 55.2 Å². The van der Waals surface area contributed by atoms with Crippen molar-refractivity contribution in [3.05, 3.63) is 39.8 Å². The summed E-state index contributed by atoms with van der Waals surface area (Å²) in [4.78, 5) is 28.4. The number of carbonyl (C=O) groups excluding carboxylic acids is 2. The van der Waals surface area contributed by atoms with Gasteiger partial charge >= 0.3 is 0 Å². The van der Waals surface area contributed by atoms with Crippen LogP contribution in [0.2, 0.25) is 0 Å². The van der Waals surface area contributed by atoms with E-state index in [1.54, 1.807) is 0 Å². The smallest absolute Gasteiger partial charge is 0.267 e. The van der Waals surface area contributed by atoms with Crippen LogP contribution >= 0.6 is 11.8 Å². The molecule has 0 spiro atoms. The summed E-state index contributed by atoms with van der Waals surface area (Å²) in [6.07, 6.45) is 9.61. The van der Waals surface area contributed by atoms with Crippen molar-refractivity contribution in [3.63, 3.8) is 0 Å². The van der Waals surface area contributed by atoms with Gasteiger partial charge in [0, 0.05) is 11.8 Å². The second kappa shape index (κ2) is 11.6. The maximum atomic E-state index is 13.2. The molecule has 29 heavy (non-hydrogen) atoms. The first-order valence-corrected chi connectivity index (χ1v) is 12.1. The minimum atomic E-state index is -0.118. The van der Waals surface area contributed by atoms with Gasteiger partial charge in [-0.3, -0.25) is 14.5 Å². The number of carbonyl (C=O) groups is 2.